The number of rotatable bonds is 4. The van der Waals surface area contributed by atoms with E-state index < -0.39 is 6.10 Å². The van der Waals surface area contributed by atoms with E-state index in [-0.39, 0.29) is 18.9 Å². The lowest BCUT2D eigenvalue weighted by molar-refractivity contribution is 0.143. The Morgan fingerprint density at radius 2 is 2.05 bits per heavy atom. The van der Waals surface area contributed by atoms with Crippen LogP contribution in [0.5, 0.6) is 0 Å². The van der Waals surface area contributed by atoms with Crippen molar-refractivity contribution in [2.45, 2.75) is 39.7 Å². The van der Waals surface area contributed by atoms with Gasteiger partial charge < -0.3 is 5.11 Å². The highest BCUT2D eigenvalue weighted by molar-refractivity contribution is 7.59. The molecule has 0 aliphatic carbocycles. The van der Waals surface area contributed by atoms with Gasteiger partial charge in [-0.25, -0.2) is 4.98 Å². The van der Waals surface area contributed by atoms with E-state index in [2.05, 4.69) is 46.4 Å². The molecule has 7 heteroatoms. The molecule has 2 N–H and O–H groups in total. The molecule has 0 fully saturated rings. The standard InChI is InChI=1S/C13H19N5O.H2S/c1-13(2,3)8-7-11(19)9-5-4-6-10(14-9)12-15-17-18-16-12;/h4-6,11,19H,7-8H2,1-3H3,(H,15,16,17,18);1H2/t11-;/m0./s1. The molecule has 20 heavy (non-hydrogen) atoms. The molecule has 0 saturated heterocycles. The van der Waals surface area contributed by atoms with Crippen LogP contribution in [0, 0.1) is 5.41 Å². The van der Waals surface area contributed by atoms with E-state index in [1.807, 2.05) is 12.1 Å². The first-order chi connectivity index (χ1) is 8.96. The minimum atomic E-state index is -0.564. The molecule has 0 bridgehead atoms. The molecule has 0 unspecified atom stereocenters. The largest absolute Gasteiger partial charge is 0.387 e. The Morgan fingerprint density at radius 1 is 1.30 bits per heavy atom. The van der Waals surface area contributed by atoms with Gasteiger partial charge in [0.2, 0.25) is 5.82 Å². The van der Waals surface area contributed by atoms with Crippen LogP contribution >= 0.6 is 13.5 Å². The van der Waals surface area contributed by atoms with Crippen molar-refractivity contribution in [3.05, 3.63) is 23.9 Å². The third-order valence-electron chi connectivity index (χ3n) is 2.85. The maximum atomic E-state index is 10.2. The number of H-pyrrole nitrogens is 1. The summed E-state index contributed by atoms with van der Waals surface area (Å²) in [6.45, 7) is 6.47. The molecule has 0 amide bonds. The van der Waals surface area contributed by atoms with Crippen LogP contribution < -0.4 is 0 Å². The fourth-order valence-corrected chi connectivity index (χ4v) is 1.75. The molecule has 0 radical (unpaired) electrons. The van der Waals surface area contributed by atoms with Gasteiger partial charge in [-0.05, 0) is 35.6 Å². The van der Waals surface area contributed by atoms with Crippen LogP contribution in [0.15, 0.2) is 18.2 Å². The van der Waals surface area contributed by atoms with Crippen molar-refractivity contribution in [3.8, 4) is 11.5 Å². The summed E-state index contributed by atoms with van der Waals surface area (Å²) in [4.78, 5) is 4.38. The van der Waals surface area contributed by atoms with Crippen LogP contribution in [0.1, 0.15) is 45.4 Å². The highest BCUT2D eigenvalue weighted by atomic mass is 32.1. The topological polar surface area (TPSA) is 87.6 Å². The number of hydrogen-bond donors (Lipinski definition) is 2. The fourth-order valence-electron chi connectivity index (χ4n) is 1.75. The molecule has 0 saturated carbocycles. The number of nitrogens with one attached hydrogen (secondary N) is 1. The molecule has 6 nitrogen and oxygen atoms in total. The Bertz CT molecular complexity index is 524. The summed E-state index contributed by atoms with van der Waals surface area (Å²) < 4.78 is 0. The minimum absolute atomic E-state index is 0. The molecule has 110 valence electrons. The number of hydrogen-bond acceptors (Lipinski definition) is 5. The quantitative estimate of drug-likeness (QED) is 0.903. The Balaban J connectivity index is 0.00000200. The molecule has 0 aliphatic rings. The zero-order chi connectivity index (χ0) is 13.9. The number of tetrazole rings is 1. The van der Waals surface area contributed by atoms with Gasteiger partial charge in [0.25, 0.3) is 0 Å². The summed E-state index contributed by atoms with van der Waals surface area (Å²) in [5, 5.41) is 23.8. The van der Waals surface area contributed by atoms with E-state index in [0.717, 1.165) is 6.42 Å². The molecule has 2 rings (SSSR count). The molecule has 1 atom stereocenters. The molecule has 0 aromatic carbocycles. The van der Waals surface area contributed by atoms with Crippen molar-refractivity contribution in [2.75, 3.05) is 0 Å². The van der Waals surface area contributed by atoms with Crippen molar-refractivity contribution in [1.29, 1.82) is 0 Å². The predicted octanol–water partition coefficient (Wildman–Crippen LogP) is 2.23. The van der Waals surface area contributed by atoms with E-state index >= 15 is 0 Å². The third-order valence-corrected chi connectivity index (χ3v) is 2.85. The maximum absolute atomic E-state index is 10.2. The average molecular weight is 295 g/mol. The van der Waals surface area contributed by atoms with Crippen LogP contribution in [0.3, 0.4) is 0 Å². The molecule has 2 heterocycles. The van der Waals surface area contributed by atoms with Crippen molar-refractivity contribution < 1.29 is 5.11 Å². The first kappa shape index (κ1) is 16.6. The Morgan fingerprint density at radius 3 is 2.65 bits per heavy atom. The van der Waals surface area contributed by atoms with E-state index in [4.69, 9.17) is 0 Å². The number of aromatic nitrogens is 5. The normalized spacial score (nSPS) is 12.8. The molecule has 2 aromatic heterocycles. The molecule has 0 aliphatic heterocycles. The zero-order valence-corrected chi connectivity index (χ0v) is 13.0. The monoisotopic (exact) mass is 295 g/mol. The highest BCUT2D eigenvalue weighted by Gasteiger charge is 2.16. The van der Waals surface area contributed by atoms with Crippen LogP contribution in [0.25, 0.3) is 11.5 Å². The van der Waals surface area contributed by atoms with Gasteiger partial charge in [0.1, 0.15) is 5.69 Å². The van der Waals surface area contributed by atoms with Gasteiger partial charge in [-0.15, -0.1) is 10.2 Å². The van der Waals surface area contributed by atoms with Gasteiger partial charge in [0.05, 0.1) is 11.8 Å². The molecular formula is C13H21N5OS. The number of aliphatic hydroxyl groups excluding tert-OH is 1. The van der Waals surface area contributed by atoms with Crippen molar-refractivity contribution in [2.24, 2.45) is 5.41 Å². The zero-order valence-electron chi connectivity index (χ0n) is 12.0. The second-order valence-electron chi connectivity index (χ2n) is 5.80. The lowest BCUT2D eigenvalue weighted by Gasteiger charge is -2.20. The second-order valence-corrected chi connectivity index (χ2v) is 5.80. The van der Waals surface area contributed by atoms with E-state index in [1.54, 1.807) is 6.07 Å². The Labute approximate surface area is 125 Å². The molecule has 0 spiro atoms. The summed E-state index contributed by atoms with van der Waals surface area (Å²) in [7, 11) is 0. The first-order valence-electron chi connectivity index (χ1n) is 6.34. The van der Waals surface area contributed by atoms with Crippen molar-refractivity contribution in [1.82, 2.24) is 25.6 Å². The summed E-state index contributed by atoms with van der Waals surface area (Å²) in [5.41, 5.74) is 1.46. The SMILES string of the molecule is CC(C)(C)CC[C@H](O)c1cccc(-c2nn[nH]n2)n1.S. The number of nitrogens with zero attached hydrogens (tertiary/aromatic N) is 4. The van der Waals surface area contributed by atoms with Gasteiger partial charge in [0.15, 0.2) is 0 Å². The highest BCUT2D eigenvalue weighted by Crippen LogP contribution is 2.27. The van der Waals surface area contributed by atoms with Crippen LogP contribution in [0.2, 0.25) is 0 Å². The third kappa shape index (κ3) is 4.57. The summed E-state index contributed by atoms with van der Waals surface area (Å²) in [5.74, 6) is 0.435. The van der Waals surface area contributed by atoms with Gasteiger partial charge in [-0.2, -0.15) is 18.7 Å². The van der Waals surface area contributed by atoms with Crippen LogP contribution in [-0.4, -0.2) is 30.7 Å². The predicted molar refractivity (Wildman–Crippen MR) is 81.4 cm³/mol. The fraction of sp³-hybridized carbons (Fsp3) is 0.538. The Hall–Kier alpha value is -1.47. The van der Waals surface area contributed by atoms with Gasteiger partial charge >= 0.3 is 0 Å². The van der Waals surface area contributed by atoms with E-state index in [9.17, 15) is 5.11 Å². The lowest BCUT2D eigenvalue weighted by atomic mass is 9.89. The van der Waals surface area contributed by atoms with Crippen molar-refractivity contribution >= 4 is 13.5 Å². The van der Waals surface area contributed by atoms with Crippen molar-refractivity contribution in [3.63, 3.8) is 0 Å². The smallest absolute Gasteiger partial charge is 0.222 e. The van der Waals surface area contributed by atoms with Crippen LogP contribution in [-0.2, 0) is 0 Å². The number of pyridine rings is 1. The lowest BCUT2D eigenvalue weighted by Crippen LogP contribution is -2.09. The summed E-state index contributed by atoms with van der Waals surface area (Å²) >= 11 is 0. The van der Waals surface area contributed by atoms with Crippen LogP contribution in [0.4, 0.5) is 0 Å². The van der Waals surface area contributed by atoms with Gasteiger partial charge in [-0.3, -0.25) is 0 Å². The number of aliphatic hydroxyl groups is 1. The Kier molecular flexibility index (Phi) is 5.64. The second kappa shape index (κ2) is 6.81. The summed E-state index contributed by atoms with van der Waals surface area (Å²) in [6.07, 6.45) is 1.06. The van der Waals surface area contributed by atoms with Gasteiger partial charge in [0, 0.05) is 0 Å². The maximum Gasteiger partial charge on any atom is 0.222 e. The number of aromatic amines is 1. The van der Waals surface area contributed by atoms with E-state index in [1.165, 1.54) is 0 Å². The van der Waals surface area contributed by atoms with E-state index in [0.29, 0.717) is 23.6 Å². The first-order valence-corrected chi connectivity index (χ1v) is 6.34. The average Bonchev–Trinajstić information content (AvgIpc) is 2.89. The van der Waals surface area contributed by atoms with Gasteiger partial charge in [-0.1, -0.05) is 26.8 Å². The summed E-state index contributed by atoms with van der Waals surface area (Å²) in [6, 6.07) is 5.45. The minimum Gasteiger partial charge on any atom is -0.387 e. The molecular weight excluding hydrogens is 274 g/mol. The molecule has 2 aromatic rings.